The molecule has 0 saturated carbocycles. The van der Waals surface area contributed by atoms with E-state index in [1.54, 1.807) is 44.6 Å². The van der Waals surface area contributed by atoms with Crippen LogP contribution in [0.3, 0.4) is 0 Å². The van der Waals surface area contributed by atoms with E-state index in [9.17, 15) is 36.1 Å². The molecule has 0 radical (unpaired) electrons. The number of nitrogens with zero attached hydrogens (tertiary/aromatic N) is 7. The standard InChI is InChI=1S/C39H34F7N9O3S/c1-20-17-38(42,43)34-30(20)33(39(44,45)46)50-55(34)36(56)49-29(15-21-13-22(40)16-23(41)14-21)31-26(10-9-24(48-31)11-12-37(2,3)57)27-7-6-8-28-32(27)54(5)51-35(28)52-59(58)25-18-47-53(4)19-25/h6-10,13-14,16,18-20,29,57H,15,17H2,1-5H3,(H,49,56)(H,51,52)/t20-,29?,59?/m0/s1. The number of rotatable bonds is 8. The highest BCUT2D eigenvalue weighted by atomic mass is 32.2. The lowest BCUT2D eigenvalue weighted by Crippen LogP contribution is -2.37. The molecule has 0 aliphatic heterocycles. The van der Waals surface area contributed by atoms with Crippen molar-refractivity contribution in [3.05, 3.63) is 106 Å². The molecular weight excluding hydrogens is 808 g/mol. The average molecular weight is 842 g/mol. The molecule has 308 valence electrons. The third-order valence-electron chi connectivity index (χ3n) is 9.44. The summed E-state index contributed by atoms with van der Waals surface area (Å²) >= 11 is 0. The zero-order valence-electron chi connectivity index (χ0n) is 31.8. The van der Waals surface area contributed by atoms with E-state index in [-0.39, 0.29) is 33.0 Å². The molecule has 2 unspecified atom stereocenters. The Morgan fingerprint density at radius 1 is 1.07 bits per heavy atom. The van der Waals surface area contributed by atoms with Gasteiger partial charge in [0.25, 0.3) is 5.92 Å². The van der Waals surface area contributed by atoms with Crippen LogP contribution in [0.25, 0.3) is 22.0 Å². The van der Waals surface area contributed by atoms with Crippen LogP contribution >= 0.6 is 0 Å². The second-order valence-electron chi connectivity index (χ2n) is 14.6. The number of aliphatic hydroxyl groups is 1. The molecule has 0 bridgehead atoms. The number of aryl methyl sites for hydroxylation is 2. The van der Waals surface area contributed by atoms with Crippen molar-refractivity contribution in [2.75, 3.05) is 4.72 Å². The van der Waals surface area contributed by atoms with Crippen LogP contribution in [-0.2, 0) is 43.6 Å². The molecule has 1 aliphatic rings. The Morgan fingerprint density at radius 3 is 2.42 bits per heavy atom. The quantitative estimate of drug-likeness (QED) is 0.108. The van der Waals surface area contributed by atoms with E-state index in [1.165, 1.54) is 42.4 Å². The molecule has 4 aromatic heterocycles. The number of hydrogen-bond acceptors (Lipinski definition) is 7. The van der Waals surface area contributed by atoms with Gasteiger partial charge in [0.15, 0.2) is 22.5 Å². The van der Waals surface area contributed by atoms with Gasteiger partial charge in [0, 0.05) is 54.9 Å². The number of aromatic nitrogens is 7. The number of nitrogens with one attached hydrogen (secondary N) is 2. The van der Waals surface area contributed by atoms with Gasteiger partial charge in [-0.15, -0.1) is 0 Å². The van der Waals surface area contributed by atoms with Gasteiger partial charge in [0.2, 0.25) is 0 Å². The molecule has 59 heavy (non-hydrogen) atoms. The number of para-hydroxylation sites is 1. The zero-order chi connectivity index (χ0) is 42.8. The highest BCUT2D eigenvalue weighted by Gasteiger charge is 2.54. The lowest BCUT2D eigenvalue weighted by molar-refractivity contribution is -0.142. The van der Waals surface area contributed by atoms with E-state index in [2.05, 4.69) is 42.2 Å². The normalized spacial score (nSPS) is 16.1. The number of amides is 1. The molecule has 3 N–H and O–H groups in total. The number of halogens is 7. The number of alkyl halides is 5. The van der Waals surface area contributed by atoms with E-state index in [0.717, 1.165) is 12.1 Å². The Morgan fingerprint density at radius 2 is 1.78 bits per heavy atom. The van der Waals surface area contributed by atoms with Crippen LogP contribution in [0.15, 0.2) is 65.8 Å². The predicted molar refractivity (Wildman–Crippen MR) is 201 cm³/mol. The van der Waals surface area contributed by atoms with E-state index in [0.29, 0.717) is 27.4 Å². The lowest BCUT2D eigenvalue weighted by atomic mass is 9.94. The summed E-state index contributed by atoms with van der Waals surface area (Å²) in [6.45, 7) is 4.01. The number of carbonyl (C=O) groups excluding carboxylic acids is 1. The molecular formula is C39H34F7N9O3S. The summed E-state index contributed by atoms with van der Waals surface area (Å²) in [5, 5.41) is 25.2. The van der Waals surface area contributed by atoms with Crippen molar-refractivity contribution >= 4 is 33.7 Å². The molecule has 0 fully saturated rings. The summed E-state index contributed by atoms with van der Waals surface area (Å²) in [6.07, 6.45) is -3.68. The van der Waals surface area contributed by atoms with Crippen LogP contribution in [0.5, 0.6) is 0 Å². The van der Waals surface area contributed by atoms with Gasteiger partial charge in [-0.25, -0.2) is 22.8 Å². The molecule has 7 rings (SSSR count). The molecule has 6 aromatic rings. The van der Waals surface area contributed by atoms with Crippen molar-refractivity contribution in [3.8, 4) is 23.0 Å². The van der Waals surface area contributed by atoms with Crippen molar-refractivity contribution in [1.82, 2.24) is 39.6 Å². The van der Waals surface area contributed by atoms with Crippen LogP contribution in [0.2, 0.25) is 0 Å². The van der Waals surface area contributed by atoms with Crippen molar-refractivity contribution < 1.29 is 44.8 Å². The molecule has 12 nitrogen and oxygen atoms in total. The number of pyridine rings is 1. The summed E-state index contributed by atoms with van der Waals surface area (Å²) in [5.41, 5.74) is -4.19. The molecule has 1 amide bonds. The van der Waals surface area contributed by atoms with E-state index >= 15 is 8.78 Å². The van der Waals surface area contributed by atoms with Crippen molar-refractivity contribution in [1.29, 1.82) is 0 Å². The van der Waals surface area contributed by atoms with E-state index in [4.69, 9.17) is 0 Å². The highest BCUT2D eigenvalue weighted by molar-refractivity contribution is 7.86. The van der Waals surface area contributed by atoms with Gasteiger partial charge in [-0.1, -0.05) is 25.0 Å². The Hall–Kier alpha value is -6.07. The Bertz CT molecular complexity index is 2700. The first-order chi connectivity index (χ1) is 27.6. The summed E-state index contributed by atoms with van der Waals surface area (Å²) in [5.74, 6) is -1.59. The van der Waals surface area contributed by atoms with Crippen LogP contribution in [-0.4, -0.2) is 55.3 Å². The number of hydrogen-bond donors (Lipinski definition) is 3. The topological polar surface area (TPSA) is 145 Å². The van der Waals surface area contributed by atoms with Crippen molar-refractivity contribution in [2.45, 2.75) is 68.2 Å². The Balaban J connectivity index is 1.42. The lowest BCUT2D eigenvalue weighted by Gasteiger charge is -2.23. The first-order valence-electron chi connectivity index (χ1n) is 17.8. The summed E-state index contributed by atoms with van der Waals surface area (Å²) in [4.78, 5) is 19.2. The minimum absolute atomic E-state index is 0.0133. The number of fused-ring (bicyclic) bond motifs is 2. The van der Waals surface area contributed by atoms with Gasteiger partial charge in [0.05, 0.1) is 28.3 Å². The summed E-state index contributed by atoms with van der Waals surface area (Å²) in [7, 11) is 1.47. The fraction of sp³-hybridized carbons (Fsp3) is 0.308. The van der Waals surface area contributed by atoms with Crippen LogP contribution < -0.4 is 10.0 Å². The van der Waals surface area contributed by atoms with Gasteiger partial charge >= 0.3 is 12.2 Å². The van der Waals surface area contributed by atoms with Gasteiger partial charge in [0.1, 0.15) is 28.6 Å². The Labute approximate surface area is 334 Å². The molecule has 4 heterocycles. The second kappa shape index (κ2) is 14.9. The third-order valence-corrected chi connectivity index (χ3v) is 10.5. The SMILES string of the molecule is C[C@H]1CC(F)(F)c2c1c(C(F)(F)F)nn2C(=O)NC(Cc1cc(F)cc(F)c1)c1nc(C#CC(C)(C)O)ccc1-c1cccc2c(NS(=O)c3cnn(C)c3)nn(C)c12. The smallest absolute Gasteiger partial charge is 0.378 e. The second-order valence-corrected chi connectivity index (χ2v) is 15.9. The molecule has 2 aromatic carbocycles. The van der Waals surface area contributed by atoms with Gasteiger partial charge in [-0.2, -0.15) is 41.9 Å². The minimum Gasteiger partial charge on any atom is -0.378 e. The average Bonchev–Trinajstić information content (AvgIpc) is 3.89. The number of carbonyl (C=O) groups is 1. The summed E-state index contributed by atoms with van der Waals surface area (Å²) < 4.78 is 122. The van der Waals surface area contributed by atoms with Crippen molar-refractivity contribution in [2.24, 2.45) is 14.1 Å². The first-order valence-corrected chi connectivity index (χ1v) is 19.0. The van der Waals surface area contributed by atoms with E-state index in [1.807, 2.05) is 0 Å². The summed E-state index contributed by atoms with van der Waals surface area (Å²) in [6, 6.07) is 7.56. The number of benzene rings is 2. The predicted octanol–water partition coefficient (Wildman–Crippen LogP) is 7.26. The van der Waals surface area contributed by atoms with E-state index < -0.39 is 88.1 Å². The fourth-order valence-electron chi connectivity index (χ4n) is 7.11. The largest absolute Gasteiger partial charge is 0.435 e. The molecule has 3 atom stereocenters. The van der Waals surface area contributed by atoms with Gasteiger partial charge in [-0.3, -0.25) is 14.1 Å². The minimum atomic E-state index is -5.19. The van der Waals surface area contributed by atoms with Gasteiger partial charge < -0.3 is 10.4 Å². The molecule has 20 heteroatoms. The highest BCUT2D eigenvalue weighted by Crippen LogP contribution is 2.52. The third kappa shape index (κ3) is 8.29. The molecule has 0 saturated heterocycles. The maximum absolute atomic E-state index is 15.4. The molecule has 0 spiro atoms. The molecule has 1 aliphatic carbocycles. The first kappa shape index (κ1) is 41.1. The van der Waals surface area contributed by atoms with Crippen LogP contribution in [0, 0.1) is 23.5 Å². The van der Waals surface area contributed by atoms with Crippen LogP contribution in [0.1, 0.15) is 73.1 Å². The van der Waals surface area contributed by atoms with Crippen LogP contribution in [0.4, 0.5) is 41.3 Å². The maximum Gasteiger partial charge on any atom is 0.435 e. The number of anilines is 1. The maximum atomic E-state index is 15.4. The van der Waals surface area contributed by atoms with Gasteiger partial charge in [-0.05, 0) is 68.0 Å². The van der Waals surface area contributed by atoms with Crippen molar-refractivity contribution in [3.63, 3.8) is 0 Å². The monoisotopic (exact) mass is 841 g/mol. The zero-order valence-corrected chi connectivity index (χ0v) is 32.6. The fourth-order valence-corrected chi connectivity index (χ4v) is 7.94. The Kier molecular flexibility index (Phi) is 10.4.